The topological polar surface area (TPSA) is 77.4 Å². The molecule has 0 amide bonds. The summed E-state index contributed by atoms with van der Waals surface area (Å²) < 4.78 is 0. The van der Waals surface area contributed by atoms with Gasteiger partial charge in [-0.15, -0.1) is 0 Å². The minimum Gasteiger partial charge on any atom is -0.354 e. The van der Waals surface area contributed by atoms with Crippen molar-refractivity contribution in [2.45, 2.75) is 0 Å². The summed E-state index contributed by atoms with van der Waals surface area (Å²) in [5.41, 5.74) is 4.97. The zero-order chi connectivity index (χ0) is 17.2. The number of hydrogen-bond donors (Lipinski definition) is 2. The number of aromatic amines is 1. The molecule has 2 aromatic heterocycles. The number of hydrogen-bond acceptors (Lipinski definition) is 4. The molecule has 0 saturated carbocycles. The second kappa shape index (κ2) is 6.27. The Morgan fingerprint density at radius 3 is 2.64 bits per heavy atom. The van der Waals surface area contributed by atoms with Gasteiger partial charge in [-0.2, -0.15) is 10.4 Å². The minimum atomic E-state index is 0.501. The third kappa shape index (κ3) is 2.91. The van der Waals surface area contributed by atoms with Crippen molar-refractivity contribution in [2.24, 2.45) is 0 Å². The number of nitrogens with one attached hydrogen (secondary N) is 2. The van der Waals surface area contributed by atoms with Crippen molar-refractivity contribution in [3.63, 3.8) is 0 Å². The van der Waals surface area contributed by atoms with Crippen molar-refractivity contribution in [3.05, 3.63) is 71.5 Å². The molecule has 0 saturated heterocycles. The van der Waals surface area contributed by atoms with Crippen LogP contribution in [0.2, 0.25) is 5.02 Å². The van der Waals surface area contributed by atoms with Gasteiger partial charge in [0, 0.05) is 29.0 Å². The zero-order valence-corrected chi connectivity index (χ0v) is 13.7. The standard InChI is InChI=1S/C19H12ClN5/c20-16-9-12(11-21)1-3-18(16)23-14-2-4-17-15(10-14)19(25-24-17)13-5-7-22-8-6-13/h1-10,23H,(H,24,25). The number of nitriles is 1. The van der Waals surface area contributed by atoms with E-state index in [0.29, 0.717) is 10.6 Å². The first-order chi connectivity index (χ1) is 12.2. The van der Waals surface area contributed by atoms with Gasteiger partial charge in [-0.05, 0) is 48.5 Å². The smallest absolute Gasteiger partial charge is 0.100 e. The maximum Gasteiger partial charge on any atom is 0.100 e. The van der Waals surface area contributed by atoms with Crippen LogP contribution in [0.5, 0.6) is 0 Å². The maximum atomic E-state index is 8.93. The maximum absolute atomic E-state index is 8.93. The van der Waals surface area contributed by atoms with E-state index >= 15 is 0 Å². The number of nitrogens with zero attached hydrogens (tertiary/aromatic N) is 3. The Labute approximate surface area is 148 Å². The predicted octanol–water partition coefficient (Wildman–Crippen LogP) is 4.89. The summed E-state index contributed by atoms with van der Waals surface area (Å²) >= 11 is 6.24. The number of aromatic nitrogens is 3. The van der Waals surface area contributed by atoms with E-state index in [1.54, 1.807) is 30.6 Å². The van der Waals surface area contributed by atoms with Crippen molar-refractivity contribution in [1.82, 2.24) is 15.2 Å². The molecule has 0 aliphatic rings. The Morgan fingerprint density at radius 1 is 1.04 bits per heavy atom. The van der Waals surface area contributed by atoms with Gasteiger partial charge in [0.15, 0.2) is 0 Å². The predicted molar refractivity (Wildman–Crippen MR) is 98.8 cm³/mol. The largest absolute Gasteiger partial charge is 0.354 e. The number of benzene rings is 2. The van der Waals surface area contributed by atoms with E-state index in [9.17, 15) is 0 Å². The molecule has 6 heteroatoms. The van der Waals surface area contributed by atoms with Crippen LogP contribution in [0.25, 0.3) is 22.2 Å². The minimum absolute atomic E-state index is 0.501. The second-order valence-corrected chi connectivity index (χ2v) is 5.91. The van der Waals surface area contributed by atoms with Gasteiger partial charge in [0.1, 0.15) is 5.69 Å². The van der Waals surface area contributed by atoms with Crippen molar-refractivity contribution >= 4 is 33.9 Å². The molecule has 2 aromatic carbocycles. The van der Waals surface area contributed by atoms with Gasteiger partial charge in [0.05, 0.1) is 27.9 Å². The van der Waals surface area contributed by atoms with E-state index in [2.05, 4.69) is 26.6 Å². The summed E-state index contributed by atoms with van der Waals surface area (Å²) in [5, 5.41) is 21.2. The lowest BCUT2D eigenvalue weighted by Gasteiger charge is -2.09. The van der Waals surface area contributed by atoms with E-state index < -0.39 is 0 Å². The first kappa shape index (κ1) is 15.2. The number of halogens is 1. The van der Waals surface area contributed by atoms with Crippen LogP contribution in [0.3, 0.4) is 0 Å². The van der Waals surface area contributed by atoms with Crippen LogP contribution < -0.4 is 5.32 Å². The molecule has 0 radical (unpaired) electrons. The van der Waals surface area contributed by atoms with Crippen molar-refractivity contribution in [1.29, 1.82) is 5.26 Å². The van der Waals surface area contributed by atoms with Crippen LogP contribution in [0.4, 0.5) is 11.4 Å². The summed E-state index contributed by atoms with van der Waals surface area (Å²) in [6.45, 7) is 0. The fraction of sp³-hybridized carbons (Fsp3) is 0. The molecule has 25 heavy (non-hydrogen) atoms. The van der Waals surface area contributed by atoms with E-state index in [1.807, 2.05) is 30.3 Å². The lowest BCUT2D eigenvalue weighted by Crippen LogP contribution is -1.91. The molecule has 0 unspecified atom stereocenters. The van der Waals surface area contributed by atoms with Gasteiger partial charge in [0.25, 0.3) is 0 Å². The van der Waals surface area contributed by atoms with Crippen molar-refractivity contribution in [3.8, 4) is 17.3 Å². The molecule has 2 heterocycles. The van der Waals surface area contributed by atoms with Gasteiger partial charge in [-0.25, -0.2) is 0 Å². The molecular weight excluding hydrogens is 334 g/mol. The van der Waals surface area contributed by atoms with E-state index in [0.717, 1.165) is 33.5 Å². The number of rotatable bonds is 3. The zero-order valence-electron chi connectivity index (χ0n) is 13.0. The first-order valence-corrected chi connectivity index (χ1v) is 7.97. The number of fused-ring (bicyclic) bond motifs is 1. The Balaban J connectivity index is 1.73. The normalized spacial score (nSPS) is 10.6. The highest BCUT2D eigenvalue weighted by Gasteiger charge is 2.09. The Morgan fingerprint density at radius 2 is 1.88 bits per heavy atom. The Bertz CT molecular complexity index is 1100. The second-order valence-electron chi connectivity index (χ2n) is 5.50. The highest BCUT2D eigenvalue weighted by molar-refractivity contribution is 6.33. The molecule has 2 N–H and O–H groups in total. The summed E-state index contributed by atoms with van der Waals surface area (Å²) in [5.74, 6) is 0. The third-order valence-corrected chi connectivity index (χ3v) is 4.21. The van der Waals surface area contributed by atoms with Gasteiger partial charge in [-0.3, -0.25) is 10.1 Å². The molecule has 120 valence electrons. The molecule has 4 rings (SSSR count). The number of H-pyrrole nitrogens is 1. The summed E-state index contributed by atoms with van der Waals surface area (Å²) in [6, 6.07) is 17.0. The lowest BCUT2D eigenvalue weighted by atomic mass is 10.1. The van der Waals surface area contributed by atoms with Crippen molar-refractivity contribution < 1.29 is 0 Å². The van der Waals surface area contributed by atoms with Crippen LogP contribution in [-0.4, -0.2) is 15.2 Å². The van der Waals surface area contributed by atoms with E-state index in [4.69, 9.17) is 16.9 Å². The van der Waals surface area contributed by atoms with Gasteiger partial charge in [-0.1, -0.05) is 11.6 Å². The Hall–Kier alpha value is -3.36. The highest BCUT2D eigenvalue weighted by atomic mass is 35.5. The third-order valence-electron chi connectivity index (χ3n) is 3.89. The molecule has 0 aliphatic carbocycles. The molecule has 0 spiro atoms. The molecule has 0 aliphatic heterocycles. The summed E-state index contributed by atoms with van der Waals surface area (Å²) in [7, 11) is 0. The number of pyridine rings is 1. The van der Waals surface area contributed by atoms with Crippen LogP contribution in [-0.2, 0) is 0 Å². The van der Waals surface area contributed by atoms with Gasteiger partial charge in [0.2, 0.25) is 0 Å². The van der Waals surface area contributed by atoms with Crippen LogP contribution in [0.1, 0.15) is 5.56 Å². The van der Waals surface area contributed by atoms with Crippen molar-refractivity contribution in [2.75, 3.05) is 5.32 Å². The average Bonchev–Trinajstić information content (AvgIpc) is 3.07. The average molecular weight is 346 g/mol. The molecule has 0 atom stereocenters. The quantitative estimate of drug-likeness (QED) is 0.554. The molecule has 0 fully saturated rings. The van der Waals surface area contributed by atoms with Crippen LogP contribution >= 0.6 is 11.6 Å². The highest BCUT2D eigenvalue weighted by Crippen LogP contribution is 2.31. The fourth-order valence-corrected chi connectivity index (χ4v) is 2.89. The summed E-state index contributed by atoms with van der Waals surface area (Å²) in [6.07, 6.45) is 3.49. The first-order valence-electron chi connectivity index (χ1n) is 7.60. The summed E-state index contributed by atoms with van der Waals surface area (Å²) in [4.78, 5) is 4.04. The van der Waals surface area contributed by atoms with E-state index in [-0.39, 0.29) is 0 Å². The SMILES string of the molecule is N#Cc1ccc(Nc2ccc3[nH]nc(-c4ccncc4)c3c2)c(Cl)c1. The number of anilines is 2. The lowest BCUT2D eigenvalue weighted by molar-refractivity contribution is 1.12. The molecule has 4 aromatic rings. The molecular formula is C19H12ClN5. The monoisotopic (exact) mass is 345 g/mol. The van der Waals surface area contributed by atoms with Crippen LogP contribution in [0.15, 0.2) is 60.9 Å². The van der Waals surface area contributed by atoms with Crippen LogP contribution in [0, 0.1) is 11.3 Å². The fourth-order valence-electron chi connectivity index (χ4n) is 2.66. The molecule has 0 bridgehead atoms. The van der Waals surface area contributed by atoms with Gasteiger partial charge < -0.3 is 5.32 Å². The molecule has 5 nitrogen and oxygen atoms in total. The van der Waals surface area contributed by atoms with E-state index in [1.165, 1.54) is 0 Å². The van der Waals surface area contributed by atoms with Gasteiger partial charge >= 0.3 is 0 Å². The Kier molecular flexibility index (Phi) is 3.81.